The average Bonchev–Trinajstić information content (AvgIpc) is 3.15. The third-order valence-corrected chi connectivity index (χ3v) is 4.92. The molecule has 1 amide bonds. The molecule has 0 fully saturated rings. The number of carbonyl (C=O) groups is 1. The first-order valence-electron chi connectivity index (χ1n) is 8.57. The molecule has 9 nitrogen and oxygen atoms in total. The molecule has 0 aliphatic rings. The number of anilines is 1. The van der Waals surface area contributed by atoms with E-state index >= 15 is 0 Å². The number of halogens is 3. The number of pyridine rings is 1. The van der Waals surface area contributed by atoms with E-state index in [1.54, 1.807) is 13.0 Å². The fourth-order valence-corrected chi connectivity index (χ4v) is 3.34. The Balaban J connectivity index is 1.73. The van der Waals surface area contributed by atoms with Crippen LogP contribution in [0.4, 0.5) is 24.5 Å². The van der Waals surface area contributed by atoms with Crippen molar-refractivity contribution < 1.29 is 27.4 Å². The van der Waals surface area contributed by atoms with Crippen LogP contribution >= 0.6 is 11.8 Å². The summed E-state index contributed by atoms with van der Waals surface area (Å²) in [5.41, 5.74) is 3.05. The zero-order valence-electron chi connectivity index (χ0n) is 15.8. The summed E-state index contributed by atoms with van der Waals surface area (Å²) in [6.45, 7) is 1.74. The van der Waals surface area contributed by atoms with Crippen molar-refractivity contribution in [2.75, 3.05) is 5.43 Å². The molecule has 162 valence electrons. The number of nitrogens with zero attached hydrogens (tertiary/aromatic N) is 3. The number of carbonyl (C=O) groups excluding carboxylic acids is 1. The molecule has 2 aromatic heterocycles. The molecule has 3 rings (SSSR count). The van der Waals surface area contributed by atoms with Crippen molar-refractivity contribution in [3.63, 3.8) is 0 Å². The van der Waals surface area contributed by atoms with Gasteiger partial charge < -0.3 is 4.52 Å². The van der Waals surface area contributed by atoms with Gasteiger partial charge in [-0.15, -0.1) is 0 Å². The van der Waals surface area contributed by atoms with Gasteiger partial charge in [-0.1, -0.05) is 16.9 Å². The maximum Gasteiger partial charge on any atom is 0.416 e. The molecule has 0 radical (unpaired) electrons. The van der Waals surface area contributed by atoms with Crippen molar-refractivity contribution in [2.45, 2.75) is 23.9 Å². The van der Waals surface area contributed by atoms with Crippen LogP contribution in [-0.2, 0) is 11.9 Å². The zero-order chi connectivity index (χ0) is 22.6. The lowest BCUT2D eigenvalue weighted by Crippen LogP contribution is -2.30. The highest BCUT2D eigenvalue weighted by molar-refractivity contribution is 7.98. The van der Waals surface area contributed by atoms with Gasteiger partial charge in [0.15, 0.2) is 0 Å². The highest BCUT2D eigenvalue weighted by Crippen LogP contribution is 2.34. The number of amides is 1. The van der Waals surface area contributed by atoms with Crippen molar-refractivity contribution in [3.05, 3.63) is 75.3 Å². The van der Waals surface area contributed by atoms with E-state index in [4.69, 9.17) is 4.52 Å². The topological polar surface area (TPSA) is 123 Å². The van der Waals surface area contributed by atoms with Gasteiger partial charge in [0.1, 0.15) is 16.5 Å². The Kier molecular flexibility index (Phi) is 6.44. The molecule has 0 spiro atoms. The summed E-state index contributed by atoms with van der Waals surface area (Å²) in [5, 5.41) is 15.4. The van der Waals surface area contributed by atoms with E-state index in [2.05, 4.69) is 21.0 Å². The maximum atomic E-state index is 12.8. The minimum Gasteiger partial charge on any atom is -0.361 e. The smallest absolute Gasteiger partial charge is 0.361 e. The van der Waals surface area contributed by atoms with Gasteiger partial charge in [0, 0.05) is 24.1 Å². The molecule has 0 saturated carbocycles. The molecule has 0 aliphatic carbocycles. The monoisotopic (exact) mass is 453 g/mol. The van der Waals surface area contributed by atoms with Crippen LogP contribution in [0.15, 0.2) is 52.1 Å². The Labute approximate surface area is 177 Å². The zero-order valence-corrected chi connectivity index (χ0v) is 16.6. The lowest BCUT2D eigenvalue weighted by molar-refractivity contribution is -0.384. The summed E-state index contributed by atoms with van der Waals surface area (Å²) in [6.07, 6.45) is -3.25. The van der Waals surface area contributed by atoms with Gasteiger partial charge in [-0.05, 0) is 31.2 Å². The fraction of sp³-hybridized carbons (Fsp3) is 0.167. The number of hydrazine groups is 1. The highest BCUT2D eigenvalue weighted by Gasteiger charge is 2.33. The first-order chi connectivity index (χ1) is 14.6. The lowest BCUT2D eigenvalue weighted by Gasteiger charge is -2.12. The van der Waals surface area contributed by atoms with Gasteiger partial charge in [-0.3, -0.25) is 25.8 Å². The van der Waals surface area contributed by atoms with Gasteiger partial charge in [0.2, 0.25) is 0 Å². The van der Waals surface area contributed by atoms with Crippen LogP contribution < -0.4 is 10.9 Å². The van der Waals surface area contributed by atoms with Crippen LogP contribution in [0.2, 0.25) is 0 Å². The second-order valence-electron chi connectivity index (χ2n) is 6.14. The normalized spacial score (nSPS) is 11.2. The van der Waals surface area contributed by atoms with Crippen molar-refractivity contribution in [2.24, 2.45) is 0 Å². The molecule has 1 aromatic carbocycles. The summed E-state index contributed by atoms with van der Waals surface area (Å²) >= 11 is 1.22. The van der Waals surface area contributed by atoms with E-state index in [-0.39, 0.29) is 11.3 Å². The van der Waals surface area contributed by atoms with Gasteiger partial charge in [0.05, 0.1) is 21.7 Å². The van der Waals surface area contributed by atoms with Crippen LogP contribution in [0.1, 0.15) is 27.4 Å². The van der Waals surface area contributed by atoms with Gasteiger partial charge in [-0.25, -0.2) is 4.98 Å². The molecule has 2 N–H and O–H groups in total. The molecule has 0 atom stereocenters. The molecule has 13 heteroatoms. The first kappa shape index (κ1) is 22.1. The number of thioether (sulfide) groups is 1. The minimum absolute atomic E-state index is 0.162. The Bertz CT molecular complexity index is 1120. The standard InChI is InChI=1S/C18H14F3N5O4S/c1-10-7-12(25-30-10)9-31-17-13(3-2-6-22-17)16(27)24-23-14-5-4-11(18(19,20)21)8-15(14)26(28)29/h2-8,23H,9H2,1H3,(H,24,27). The van der Waals surface area contributed by atoms with Crippen LogP contribution in [0.25, 0.3) is 0 Å². The number of alkyl halides is 3. The SMILES string of the molecule is Cc1cc(CSc2ncccc2C(=O)NNc2ccc(C(F)(F)F)cc2[N+](=O)[O-])no1. The number of nitro benzene ring substituents is 1. The van der Waals surface area contributed by atoms with Crippen LogP contribution in [0, 0.1) is 17.0 Å². The summed E-state index contributed by atoms with van der Waals surface area (Å²) in [6, 6.07) is 6.68. The van der Waals surface area contributed by atoms with E-state index in [0.717, 1.165) is 6.07 Å². The number of rotatable bonds is 7. The maximum absolute atomic E-state index is 12.8. The second-order valence-corrected chi connectivity index (χ2v) is 7.10. The molecule has 2 heterocycles. The predicted octanol–water partition coefficient (Wildman–Crippen LogP) is 4.35. The fourth-order valence-electron chi connectivity index (χ4n) is 2.46. The van der Waals surface area contributed by atoms with Crippen molar-refractivity contribution in [3.8, 4) is 0 Å². The highest BCUT2D eigenvalue weighted by atomic mass is 32.2. The number of aromatic nitrogens is 2. The quantitative estimate of drug-likeness (QED) is 0.307. The van der Waals surface area contributed by atoms with Crippen LogP contribution in [-0.4, -0.2) is 21.0 Å². The third-order valence-electron chi connectivity index (χ3n) is 3.88. The Morgan fingerprint density at radius 3 is 2.71 bits per heavy atom. The van der Waals surface area contributed by atoms with Crippen LogP contribution in [0.3, 0.4) is 0 Å². The van der Waals surface area contributed by atoms with Crippen molar-refractivity contribution in [1.82, 2.24) is 15.6 Å². The van der Waals surface area contributed by atoms with Gasteiger partial charge >= 0.3 is 6.18 Å². The summed E-state index contributed by atoms with van der Waals surface area (Å²) in [4.78, 5) is 26.9. The molecule has 0 unspecified atom stereocenters. The van der Waals surface area contributed by atoms with Crippen molar-refractivity contribution >= 4 is 29.0 Å². The van der Waals surface area contributed by atoms with Crippen molar-refractivity contribution in [1.29, 1.82) is 0 Å². The molecule has 31 heavy (non-hydrogen) atoms. The third kappa shape index (κ3) is 5.51. The summed E-state index contributed by atoms with van der Waals surface area (Å²) in [5.74, 6) is 0.338. The lowest BCUT2D eigenvalue weighted by atomic mass is 10.1. The number of benzene rings is 1. The molecular formula is C18H14F3N5O4S. The molecule has 0 saturated heterocycles. The first-order valence-corrected chi connectivity index (χ1v) is 9.55. The van der Waals surface area contributed by atoms with Crippen LogP contribution in [0.5, 0.6) is 0 Å². The largest absolute Gasteiger partial charge is 0.416 e. The molecule has 3 aromatic rings. The minimum atomic E-state index is -4.74. The number of nitro groups is 1. The number of hydrogen-bond donors (Lipinski definition) is 2. The Morgan fingerprint density at radius 2 is 2.06 bits per heavy atom. The number of aryl methyl sites for hydroxylation is 1. The summed E-state index contributed by atoms with van der Waals surface area (Å²) < 4.78 is 43.4. The molecular weight excluding hydrogens is 439 g/mol. The second kappa shape index (κ2) is 9.04. The van der Waals surface area contributed by atoms with E-state index in [0.29, 0.717) is 34.4 Å². The average molecular weight is 453 g/mol. The summed E-state index contributed by atoms with van der Waals surface area (Å²) in [7, 11) is 0. The predicted molar refractivity (Wildman–Crippen MR) is 104 cm³/mol. The van der Waals surface area contributed by atoms with Gasteiger partial charge in [-0.2, -0.15) is 13.2 Å². The Morgan fingerprint density at radius 1 is 1.29 bits per heavy atom. The number of nitrogens with one attached hydrogen (secondary N) is 2. The van der Waals surface area contributed by atoms with E-state index in [1.165, 1.54) is 30.1 Å². The van der Waals surface area contributed by atoms with E-state index in [1.807, 2.05) is 0 Å². The van der Waals surface area contributed by atoms with E-state index in [9.17, 15) is 28.1 Å². The molecule has 0 aliphatic heterocycles. The number of hydrogen-bond acceptors (Lipinski definition) is 8. The Hall–Kier alpha value is -3.61. The van der Waals surface area contributed by atoms with E-state index < -0.39 is 28.3 Å². The molecule has 0 bridgehead atoms. The van der Waals surface area contributed by atoms with Gasteiger partial charge in [0.25, 0.3) is 11.6 Å².